The van der Waals surface area contributed by atoms with Crippen LogP contribution in [0.1, 0.15) is 22.8 Å². The number of imide groups is 1. The maximum atomic E-state index is 12.7. The number of thioether (sulfide) groups is 1. The number of rotatable bonds is 7. The highest BCUT2D eigenvalue weighted by atomic mass is 32.2. The molecule has 0 aromatic heterocycles. The van der Waals surface area contributed by atoms with Crippen molar-refractivity contribution in [2.45, 2.75) is 6.92 Å². The van der Waals surface area contributed by atoms with E-state index in [0.717, 1.165) is 16.7 Å². The van der Waals surface area contributed by atoms with Crippen LogP contribution in [0.15, 0.2) is 47.4 Å². The minimum absolute atomic E-state index is 0.0235. The lowest BCUT2D eigenvalue weighted by molar-refractivity contribution is -0.122. The molecule has 2 N–H and O–H groups in total. The van der Waals surface area contributed by atoms with E-state index in [1.165, 1.54) is 6.07 Å². The minimum atomic E-state index is -0.617. The van der Waals surface area contributed by atoms with Crippen LogP contribution in [0, 0.1) is 0 Å². The van der Waals surface area contributed by atoms with Crippen LogP contribution in [0.4, 0.5) is 15.3 Å². The van der Waals surface area contributed by atoms with Gasteiger partial charge in [0.1, 0.15) is 0 Å². The highest BCUT2D eigenvalue weighted by molar-refractivity contribution is 8.18. The van der Waals surface area contributed by atoms with Crippen molar-refractivity contribution in [3.05, 3.63) is 58.5 Å². The molecule has 11 heteroatoms. The van der Waals surface area contributed by atoms with Gasteiger partial charge in [0, 0.05) is 24.3 Å². The van der Waals surface area contributed by atoms with E-state index in [0.29, 0.717) is 28.3 Å². The number of amides is 4. The van der Waals surface area contributed by atoms with Gasteiger partial charge in [-0.15, -0.1) is 0 Å². The van der Waals surface area contributed by atoms with Gasteiger partial charge in [0.15, 0.2) is 11.5 Å². The van der Waals surface area contributed by atoms with Gasteiger partial charge in [-0.2, -0.15) is 0 Å². The quantitative estimate of drug-likeness (QED) is 0.574. The zero-order valence-corrected chi connectivity index (χ0v) is 19.0. The number of carbonyl (C=O) groups excluding carboxylic acids is 4. The number of fused-ring (bicyclic) bond motifs is 1. The van der Waals surface area contributed by atoms with Gasteiger partial charge >= 0.3 is 6.09 Å². The lowest BCUT2D eigenvalue weighted by atomic mass is 10.2. The van der Waals surface area contributed by atoms with Crippen LogP contribution in [0.2, 0.25) is 0 Å². The molecule has 0 saturated carbocycles. The second kappa shape index (κ2) is 10.3. The number of nitrogens with zero attached hydrogens (tertiary/aromatic N) is 1. The fourth-order valence-electron chi connectivity index (χ4n) is 3.25. The summed E-state index contributed by atoms with van der Waals surface area (Å²) in [6.45, 7) is 2.16. The van der Waals surface area contributed by atoms with E-state index >= 15 is 0 Å². The van der Waals surface area contributed by atoms with E-state index < -0.39 is 23.1 Å². The number of carbonyl (C=O) groups is 4. The smallest absolute Gasteiger partial charge is 0.411 e. The Kier molecular flexibility index (Phi) is 7.02. The predicted molar refractivity (Wildman–Crippen MR) is 125 cm³/mol. The molecule has 4 amide bonds. The number of benzene rings is 2. The zero-order chi connectivity index (χ0) is 24.1. The number of hydrogen-bond donors (Lipinski definition) is 2. The van der Waals surface area contributed by atoms with Crippen molar-refractivity contribution < 1.29 is 33.4 Å². The largest absolute Gasteiger partial charge is 0.454 e. The van der Waals surface area contributed by atoms with Crippen LogP contribution in [-0.2, 0) is 9.53 Å². The summed E-state index contributed by atoms with van der Waals surface area (Å²) in [6, 6.07) is 11.6. The molecule has 0 radical (unpaired) electrons. The van der Waals surface area contributed by atoms with Gasteiger partial charge in [0.05, 0.1) is 11.5 Å². The topological polar surface area (TPSA) is 123 Å². The molecule has 1 fully saturated rings. The molecule has 2 heterocycles. The third-order valence-corrected chi connectivity index (χ3v) is 5.74. The molecule has 10 nitrogen and oxygen atoms in total. The highest BCUT2D eigenvalue weighted by Crippen LogP contribution is 2.36. The van der Waals surface area contributed by atoms with Crippen LogP contribution in [0.3, 0.4) is 0 Å². The van der Waals surface area contributed by atoms with Crippen LogP contribution in [-0.4, -0.2) is 54.5 Å². The Bertz CT molecular complexity index is 1180. The standard InChI is InChI=1S/C23H21N3O7S/c1-2-31-22(29)25-16-5-3-4-15(12-16)20(27)24-8-9-26-21(28)19(34-23(26)30)11-14-6-7-17-18(10-14)33-13-32-17/h3-7,10-12H,2,8-9,13H2,1H3,(H,24,27)(H,25,29)/b19-11-. The number of nitrogens with one attached hydrogen (secondary N) is 2. The summed E-state index contributed by atoms with van der Waals surface area (Å²) in [5.74, 6) is 0.373. The number of hydrogen-bond acceptors (Lipinski definition) is 8. The molecule has 2 aromatic carbocycles. The Morgan fingerprint density at radius 1 is 1.15 bits per heavy atom. The normalized spacial score (nSPS) is 15.6. The van der Waals surface area contributed by atoms with E-state index in [1.54, 1.807) is 49.4 Å². The van der Waals surface area contributed by atoms with Gasteiger partial charge in [-0.05, 0) is 60.7 Å². The van der Waals surface area contributed by atoms with Crippen molar-refractivity contribution in [2.75, 3.05) is 31.8 Å². The molecule has 2 aliphatic rings. The van der Waals surface area contributed by atoms with Crippen LogP contribution in [0.5, 0.6) is 11.5 Å². The average molecular weight is 484 g/mol. The second-order valence-electron chi connectivity index (χ2n) is 7.13. The molecule has 2 aromatic rings. The Hall–Kier alpha value is -3.99. The Balaban J connectivity index is 1.32. The van der Waals surface area contributed by atoms with Crippen LogP contribution < -0.4 is 20.1 Å². The minimum Gasteiger partial charge on any atom is -0.454 e. The van der Waals surface area contributed by atoms with E-state index in [1.807, 2.05) is 0 Å². The first-order valence-electron chi connectivity index (χ1n) is 10.4. The summed E-state index contributed by atoms with van der Waals surface area (Å²) in [6.07, 6.45) is 1.00. The number of ether oxygens (including phenoxy) is 3. The van der Waals surface area contributed by atoms with Gasteiger partial charge in [-0.3, -0.25) is 24.6 Å². The van der Waals surface area contributed by atoms with Gasteiger partial charge in [0.25, 0.3) is 17.1 Å². The van der Waals surface area contributed by atoms with Crippen molar-refractivity contribution in [3.8, 4) is 11.5 Å². The maximum absolute atomic E-state index is 12.7. The maximum Gasteiger partial charge on any atom is 0.411 e. The second-order valence-corrected chi connectivity index (χ2v) is 8.12. The molecule has 0 spiro atoms. The summed E-state index contributed by atoms with van der Waals surface area (Å²) in [7, 11) is 0. The van der Waals surface area contributed by atoms with Crippen LogP contribution >= 0.6 is 11.8 Å². The third-order valence-electron chi connectivity index (χ3n) is 4.84. The Labute approximate surface area is 199 Å². The molecule has 0 unspecified atom stereocenters. The molecule has 0 atom stereocenters. The fraction of sp³-hybridized carbons (Fsp3) is 0.217. The molecule has 0 bridgehead atoms. The molecular weight excluding hydrogens is 462 g/mol. The molecule has 1 saturated heterocycles. The van der Waals surface area contributed by atoms with Crippen molar-refractivity contribution >= 4 is 46.7 Å². The van der Waals surface area contributed by atoms with Crippen LogP contribution in [0.25, 0.3) is 6.08 Å². The van der Waals surface area contributed by atoms with Gasteiger partial charge in [0.2, 0.25) is 6.79 Å². The van der Waals surface area contributed by atoms with E-state index in [4.69, 9.17) is 14.2 Å². The summed E-state index contributed by atoms with van der Waals surface area (Å²) < 4.78 is 15.4. The van der Waals surface area contributed by atoms with Gasteiger partial charge in [-0.1, -0.05) is 12.1 Å². The van der Waals surface area contributed by atoms with E-state index in [2.05, 4.69) is 10.6 Å². The van der Waals surface area contributed by atoms with E-state index in [-0.39, 0.29) is 31.4 Å². The Morgan fingerprint density at radius 2 is 1.97 bits per heavy atom. The molecule has 2 aliphatic heterocycles. The molecular formula is C23H21N3O7S. The molecule has 0 aliphatic carbocycles. The lowest BCUT2D eigenvalue weighted by Crippen LogP contribution is -2.37. The van der Waals surface area contributed by atoms with E-state index in [9.17, 15) is 19.2 Å². The molecule has 34 heavy (non-hydrogen) atoms. The number of anilines is 1. The first kappa shape index (κ1) is 23.2. The lowest BCUT2D eigenvalue weighted by Gasteiger charge is -2.13. The van der Waals surface area contributed by atoms with Gasteiger partial charge in [-0.25, -0.2) is 4.79 Å². The molecule has 176 valence electrons. The summed E-state index contributed by atoms with van der Waals surface area (Å²) in [5.41, 5.74) is 1.43. The average Bonchev–Trinajstić information content (AvgIpc) is 3.38. The van der Waals surface area contributed by atoms with Crippen molar-refractivity contribution in [1.29, 1.82) is 0 Å². The highest BCUT2D eigenvalue weighted by Gasteiger charge is 2.34. The Morgan fingerprint density at radius 3 is 2.79 bits per heavy atom. The summed E-state index contributed by atoms with van der Waals surface area (Å²) in [5, 5.41) is 4.79. The predicted octanol–water partition coefficient (Wildman–Crippen LogP) is 3.45. The molecule has 4 rings (SSSR count). The van der Waals surface area contributed by atoms with Crippen molar-refractivity contribution in [3.63, 3.8) is 0 Å². The first-order chi connectivity index (χ1) is 16.4. The van der Waals surface area contributed by atoms with Gasteiger partial charge < -0.3 is 19.5 Å². The zero-order valence-electron chi connectivity index (χ0n) is 18.2. The fourth-order valence-corrected chi connectivity index (χ4v) is 4.12. The first-order valence-corrected chi connectivity index (χ1v) is 11.2. The summed E-state index contributed by atoms with van der Waals surface area (Å²) >= 11 is 0.838. The third kappa shape index (κ3) is 5.31. The summed E-state index contributed by atoms with van der Waals surface area (Å²) in [4.78, 5) is 50.4. The monoisotopic (exact) mass is 483 g/mol. The van der Waals surface area contributed by atoms with Crippen molar-refractivity contribution in [2.24, 2.45) is 0 Å². The SMILES string of the molecule is CCOC(=O)Nc1cccc(C(=O)NCCN2C(=O)S/C(=C\c3ccc4c(c3)OCO4)C2=O)c1. The van der Waals surface area contributed by atoms with Crippen molar-refractivity contribution in [1.82, 2.24) is 10.2 Å².